The van der Waals surface area contributed by atoms with Crippen LogP contribution in [0.25, 0.3) is 0 Å². The Labute approximate surface area is 63.0 Å². The maximum atomic E-state index is 11.5. The SMILES string of the molecule is N#CCCNCCC(F)(F)F. The molecule has 0 amide bonds. The van der Waals surface area contributed by atoms with E-state index < -0.39 is 12.6 Å². The Kier molecular flexibility index (Phi) is 4.62. The molecule has 0 atom stereocenters. The van der Waals surface area contributed by atoms with Gasteiger partial charge in [0.05, 0.1) is 12.5 Å². The molecule has 0 aliphatic rings. The van der Waals surface area contributed by atoms with Crippen LogP contribution < -0.4 is 5.32 Å². The average molecular weight is 166 g/mol. The number of nitrogens with zero attached hydrogens (tertiary/aromatic N) is 1. The van der Waals surface area contributed by atoms with Crippen LogP contribution in [-0.4, -0.2) is 19.3 Å². The predicted molar refractivity (Wildman–Crippen MR) is 33.8 cm³/mol. The van der Waals surface area contributed by atoms with Gasteiger partial charge in [0.25, 0.3) is 0 Å². The van der Waals surface area contributed by atoms with Gasteiger partial charge in [-0.3, -0.25) is 0 Å². The molecular formula is C6H9F3N2. The molecule has 0 radical (unpaired) electrons. The van der Waals surface area contributed by atoms with Gasteiger partial charge < -0.3 is 5.32 Å². The smallest absolute Gasteiger partial charge is 0.315 e. The highest BCUT2D eigenvalue weighted by Gasteiger charge is 2.25. The quantitative estimate of drug-likeness (QED) is 0.641. The largest absolute Gasteiger partial charge is 0.390 e. The summed E-state index contributed by atoms with van der Waals surface area (Å²) < 4.78 is 34.4. The van der Waals surface area contributed by atoms with Gasteiger partial charge in [0.1, 0.15) is 0 Å². The van der Waals surface area contributed by atoms with E-state index in [1.165, 1.54) is 0 Å². The summed E-state index contributed by atoms with van der Waals surface area (Å²) in [6.07, 6.45) is -4.68. The van der Waals surface area contributed by atoms with Crippen LogP contribution in [0.1, 0.15) is 12.8 Å². The van der Waals surface area contributed by atoms with E-state index in [1.54, 1.807) is 0 Å². The summed E-state index contributed by atoms with van der Waals surface area (Å²) in [5, 5.41) is 10.5. The Balaban J connectivity index is 3.10. The van der Waals surface area contributed by atoms with E-state index in [1.807, 2.05) is 6.07 Å². The van der Waals surface area contributed by atoms with Crippen molar-refractivity contribution in [3.05, 3.63) is 0 Å². The lowest BCUT2D eigenvalue weighted by Crippen LogP contribution is -2.22. The molecule has 0 fully saturated rings. The van der Waals surface area contributed by atoms with Crippen molar-refractivity contribution < 1.29 is 13.2 Å². The average Bonchev–Trinajstić information content (AvgIpc) is 1.85. The van der Waals surface area contributed by atoms with Crippen molar-refractivity contribution in [3.63, 3.8) is 0 Å². The van der Waals surface area contributed by atoms with Crippen molar-refractivity contribution in [2.24, 2.45) is 0 Å². The molecule has 11 heavy (non-hydrogen) atoms. The minimum absolute atomic E-state index is 0.106. The molecule has 0 aliphatic heterocycles. The first-order valence-electron chi connectivity index (χ1n) is 3.20. The second kappa shape index (κ2) is 4.97. The molecule has 0 spiro atoms. The Morgan fingerprint density at radius 1 is 1.27 bits per heavy atom. The second-order valence-corrected chi connectivity index (χ2v) is 2.02. The molecule has 0 aromatic heterocycles. The first kappa shape index (κ1) is 10.2. The number of rotatable bonds is 4. The van der Waals surface area contributed by atoms with Crippen LogP contribution in [-0.2, 0) is 0 Å². The predicted octanol–water partition coefficient (Wildman–Crippen LogP) is 1.44. The maximum absolute atomic E-state index is 11.5. The molecule has 0 rings (SSSR count). The highest BCUT2D eigenvalue weighted by molar-refractivity contribution is 4.70. The second-order valence-electron chi connectivity index (χ2n) is 2.02. The van der Waals surface area contributed by atoms with E-state index in [0.717, 1.165) is 0 Å². The lowest BCUT2D eigenvalue weighted by atomic mass is 10.4. The lowest BCUT2D eigenvalue weighted by molar-refractivity contribution is -0.133. The molecule has 1 N–H and O–H groups in total. The number of alkyl halides is 3. The normalized spacial score (nSPS) is 11.1. The van der Waals surface area contributed by atoms with E-state index in [9.17, 15) is 13.2 Å². The minimum atomic E-state index is -4.10. The van der Waals surface area contributed by atoms with Gasteiger partial charge in [-0.1, -0.05) is 0 Å². The third kappa shape index (κ3) is 9.24. The summed E-state index contributed by atoms with van der Waals surface area (Å²) in [5.41, 5.74) is 0. The Morgan fingerprint density at radius 3 is 2.36 bits per heavy atom. The molecule has 0 aromatic carbocycles. The zero-order valence-electron chi connectivity index (χ0n) is 5.91. The third-order valence-corrected chi connectivity index (χ3v) is 0.999. The van der Waals surface area contributed by atoms with Gasteiger partial charge in [-0.15, -0.1) is 0 Å². The zero-order valence-corrected chi connectivity index (χ0v) is 5.91. The monoisotopic (exact) mass is 166 g/mol. The summed E-state index contributed by atoms with van der Waals surface area (Å²) in [7, 11) is 0. The number of halogens is 3. The first-order valence-corrected chi connectivity index (χ1v) is 3.20. The van der Waals surface area contributed by atoms with Crippen LogP contribution in [0, 0.1) is 11.3 Å². The van der Waals surface area contributed by atoms with Crippen molar-refractivity contribution in [1.29, 1.82) is 5.26 Å². The minimum Gasteiger partial charge on any atom is -0.315 e. The summed E-state index contributed by atoms with van der Waals surface area (Å²) in [4.78, 5) is 0. The standard InChI is InChI=1S/C6H9F3N2/c7-6(8,9)2-5-11-4-1-3-10/h11H,1-2,4-5H2. The number of hydrogen-bond donors (Lipinski definition) is 1. The van der Waals surface area contributed by atoms with Gasteiger partial charge >= 0.3 is 6.18 Å². The van der Waals surface area contributed by atoms with Gasteiger partial charge in [-0.25, -0.2) is 0 Å². The first-order chi connectivity index (χ1) is 5.06. The van der Waals surface area contributed by atoms with Crippen molar-refractivity contribution >= 4 is 0 Å². The summed E-state index contributed by atoms with van der Waals surface area (Å²) in [5.74, 6) is 0. The molecule has 0 unspecified atom stereocenters. The van der Waals surface area contributed by atoms with E-state index in [2.05, 4.69) is 5.32 Å². The van der Waals surface area contributed by atoms with Crippen molar-refractivity contribution in [3.8, 4) is 6.07 Å². The van der Waals surface area contributed by atoms with Gasteiger partial charge in [0, 0.05) is 19.5 Å². The van der Waals surface area contributed by atoms with Crippen LogP contribution in [0.3, 0.4) is 0 Å². The maximum Gasteiger partial charge on any atom is 0.390 e. The third-order valence-electron chi connectivity index (χ3n) is 0.999. The van der Waals surface area contributed by atoms with Crippen molar-refractivity contribution in [1.82, 2.24) is 5.32 Å². The molecule has 0 aromatic rings. The molecule has 64 valence electrons. The molecule has 0 saturated heterocycles. The van der Waals surface area contributed by atoms with Crippen molar-refractivity contribution in [2.45, 2.75) is 19.0 Å². The number of nitriles is 1. The summed E-state index contributed by atoms with van der Waals surface area (Å²) in [6.45, 7) is 0.220. The van der Waals surface area contributed by atoms with Crippen LogP contribution in [0.15, 0.2) is 0 Å². The fraction of sp³-hybridized carbons (Fsp3) is 0.833. The summed E-state index contributed by atoms with van der Waals surface area (Å²) >= 11 is 0. The molecule has 0 saturated carbocycles. The lowest BCUT2D eigenvalue weighted by Gasteiger charge is -2.05. The van der Waals surface area contributed by atoms with E-state index in [4.69, 9.17) is 5.26 Å². The molecule has 0 aliphatic carbocycles. The highest BCUT2D eigenvalue weighted by atomic mass is 19.4. The highest BCUT2D eigenvalue weighted by Crippen LogP contribution is 2.17. The van der Waals surface area contributed by atoms with Crippen LogP contribution in [0.4, 0.5) is 13.2 Å². The molecule has 0 bridgehead atoms. The fourth-order valence-electron chi connectivity index (χ4n) is 0.499. The van der Waals surface area contributed by atoms with E-state index in [-0.39, 0.29) is 13.0 Å². The van der Waals surface area contributed by atoms with E-state index in [0.29, 0.717) is 6.54 Å². The van der Waals surface area contributed by atoms with Gasteiger partial charge in [0.2, 0.25) is 0 Å². The van der Waals surface area contributed by atoms with Crippen LogP contribution in [0.2, 0.25) is 0 Å². The zero-order chi connectivity index (χ0) is 8.74. The number of hydrogen-bond acceptors (Lipinski definition) is 2. The Morgan fingerprint density at radius 2 is 1.91 bits per heavy atom. The van der Waals surface area contributed by atoms with E-state index >= 15 is 0 Å². The Hall–Kier alpha value is -0.760. The van der Waals surface area contributed by atoms with Crippen molar-refractivity contribution in [2.75, 3.05) is 13.1 Å². The van der Waals surface area contributed by atoms with Gasteiger partial charge in [0.15, 0.2) is 0 Å². The van der Waals surface area contributed by atoms with Gasteiger partial charge in [-0.2, -0.15) is 18.4 Å². The number of nitrogens with one attached hydrogen (secondary N) is 1. The van der Waals surface area contributed by atoms with Gasteiger partial charge in [-0.05, 0) is 0 Å². The molecule has 0 heterocycles. The van der Waals surface area contributed by atoms with Crippen LogP contribution >= 0.6 is 0 Å². The summed E-state index contributed by atoms with van der Waals surface area (Å²) in [6, 6.07) is 1.82. The topological polar surface area (TPSA) is 35.8 Å². The molecule has 5 heteroatoms. The fourth-order valence-corrected chi connectivity index (χ4v) is 0.499. The molecule has 2 nitrogen and oxygen atoms in total. The Bertz CT molecular complexity index is 136. The van der Waals surface area contributed by atoms with Crippen LogP contribution in [0.5, 0.6) is 0 Å². The molecular weight excluding hydrogens is 157 g/mol.